The van der Waals surface area contributed by atoms with Crippen molar-refractivity contribution in [2.24, 2.45) is 0 Å². The fourth-order valence-corrected chi connectivity index (χ4v) is 2.09. The molecule has 0 fully saturated rings. The molecule has 2 rings (SSSR count). The van der Waals surface area contributed by atoms with Crippen LogP contribution in [0.4, 0.5) is 4.39 Å². The minimum Gasteiger partial charge on any atom is -0.491 e. The van der Waals surface area contributed by atoms with Crippen molar-refractivity contribution in [1.29, 1.82) is 0 Å². The van der Waals surface area contributed by atoms with Crippen LogP contribution in [0, 0.1) is 5.82 Å². The Labute approximate surface area is 118 Å². The molecule has 0 heterocycles. The zero-order chi connectivity index (χ0) is 14.8. The summed E-state index contributed by atoms with van der Waals surface area (Å²) in [6.45, 7) is 5.56. The van der Waals surface area contributed by atoms with Gasteiger partial charge in [0.25, 0.3) is 0 Å². The van der Waals surface area contributed by atoms with Crippen molar-refractivity contribution in [2.75, 3.05) is 0 Å². The van der Waals surface area contributed by atoms with Gasteiger partial charge in [-0.15, -0.1) is 0 Å². The molecule has 0 spiro atoms. The Balaban J connectivity index is 2.29. The number of aliphatic hydroxyl groups is 1. The van der Waals surface area contributed by atoms with E-state index in [1.807, 2.05) is 26.0 Å². The summed E-state index contributed by atoms with van der Waals surface area (Å²) in [5.41, 5.74) is -0.0208. The molecule has 1 unspecified atom stereocenters. The van der Waals surface area contributed by atoms with Crippen LogP contribution in [0.15, 0.2) is 48.5 Å². The molecule has 3 heteroatoms. The fourth-order valence-electron chi connectivity index (χ4n) is 2.09. The molecule has 0 saturated carbocycles. The van der Waals surface area contributed by atoms with Crippen LogP contribution in [0.5, 0.6) is 5.75 Å². The third kappa shape index (κ3) is 3.17. The van der Waals surface area contributed by atoms with Gasteiger partial charge in [0.05, 0.1) is 6.10 Å². The molecule has 2 aromatic carbocycles. The van der Waals surface area contributed by atoms with Crippen LogP contribution in [0.25, 0.3) is 0 Å². The van der Waals surface area contributed by atoms with Gasteiger partial charge in [0.1, 0.15) is 17.2 Å². The Bertz CT molecular complexity index is 574. The molecule has 2 nitrogen and oxygen atoms in total. The van der Waals surface area contributed by atoms with Crippen molar-refractivity contribution in [1.82, 2.24) is 0 Å². The number of rotatable bonds is 4. The predicted molar refractivity (Wildman–Crippen MR) is 77.3 cm³/mol. The van der Waals surface area contributed by atoms with E-state index in [0.717, 1.165) is 5.75 Å². The first-order valence-electron chi connectivity index (χ1n) is 6.65. The van der Waals surface area contributed by atoms with Crippen LogP contribution in [0.1, 0.15) is 31.9 Å². The zero-order valence-electron chi connectivity index (χ0n) is 11.9. The van der Waals surface area contributed by atoms with Gasteiger partial charge >= 0.3 is 0 Å². The average Bonchev–Trinajstić information content (AvgIpc) is 2.38. The highest BCUT2D eigenvalue weighted by atomic mass is 19.1. The van der Waals surface area contributed by atoms with Gasteiger partial charge in [-0.1, -0.05) is 24.3 Å². The van der Waals surface area contributed by atoms with Crippen LogP contribution >= 0.6 is 0 Å². The van der Waals surface area contributed by atoms with Crippen molar-refractivity contribution >= 4 is 0 Å². The molecule has 0 aliphatic carbocycles. The second-order valence-corrected chi connectivity index (χ2v) is 5.27. The van der Waals surface area contributed by atoms with E-state index in [1.165, 1.54) is 12.1 Å². The van der Waals surface area contributed by atoms with Crippen molar-refractivity contribution in [3.63, 3.8) is 0 Å². The van der Waals surface area contributed by atoms with Crippen LogP contribution in [-0.4, -0.2) is 11.2 Å². The molecular formula is C17H19FO2. The SMILES string of the molecule is CC(C)Oc1ccc(C(C)(O)c2cccc(F)c2)cc1. The summed E-state index contributed by atoms with van der Waals surface area (Å²) in [5, 5.41) is 10.6. The maximum Gasteiger partial charge on any atom is 0.123 e. The first-order chi connectivity index (χ1) is 9.39. The van der Waals surface area contributed by atoms with E-state index >= 15 is 0 Å². The predicted octanol–water partition coefficient (Wildman–Crippen LogP) is 3.87. The third-order valence-corrected chi connectivity index (χ3v) is 3.17. The van der Waals surface area contributed by atoms with E-state index in [0.29, 0.717) is 11.1 Å². The van der Waals surface area contributed by atoms with E-state index in [4.69, 9.17) is 4.74 Å². The first-order valence-corrected chi connectivity index (χ1v) is 6.65. The van der Waals surface area contributed by atoms with E-state index in [9.17, 15) is 9.50 Å². The summed E-state index contributed by atoms with van der Waals surface area (Å²) in [7, 11) is 0. The standard InChI is InChI=1S/C17H19FO2/c1-12(2)20-16-9-7-13(8-10-16)17(3,19)14-5-4-6-15(18)11-14/h4-12,19H,1-3H3. The highest BCUT2D eigenvalue weighted by Crippen LogP contribution is 2.30. The van der Waals surface area contributed by atoms with Crippen LogP contribution in [0.2, 0.25) is 0 Å². The lowest BCUT2D eigenvalue weighted by Gasteiger charge is -2.25. The van der Waals surface area contributed by atoms with Crippen molar-refractivity contribution < 1.29 is 14.2 Å². The normalized spacial score (nSPS) is 14.1. The van der Waals surface area contributed by atoms with Crippen molar-refractivity contribution in [3.8, 4) is 5.75 Å². The number of hydrogen-bond acceptors (Lipinski definition) is 2. The molecule has 0 bridgehead atoms. The van der Waals surface area contributed by atoms with E-state index < -0.39 is 5.60 Å². The van der Waals surface area contributed by atoms with Gasteiger partial charge in [0.2, 0.25) is 0 Å². The van der Waals surface area contributed by atoms with E-state index in [2.05, 4.69) is 0 Å². The van der Waals surface area contributed by atoms with Gasteiger partial charge < -0.3 is 9.84 Å². The summed E-state index contributed by atoms with van der Waals surface area (Å²) < 4.78 is 18.9. The van der Waals surface area contributed by atoms with Crippen LogP contribution in [0.3, 0.4) is 0 Å². The molecule has 20 heavy (non-hydrogen) atoms. The summed E-state index contributed by atoms with van der Waals surface area (Å²) in [4.78, 5) is 0. The molecule has 0 saturated heterocycles. The van der Waals surface area contributed by atoms with Crippen molar-refractivity contribution in [2.45, 2.75) is 32.5 Å². The van der Waals surface area contributed by atoms with Gasteiger partial charge in [-0.3, -0.25) is 0 Å². The largest absolute Gasteiger partial charge is 0.491 e. The number of hydrogen-bond donors (Lipinski definition) is 1. The lowest BCUT2D eigenvalue weighted by Crippen LogP contribution is -2.22. The lowest BCUT2D eigenvalue weighted by atomic mass is 9.88. The Morgan fingerprint density at radius 2 is 1.70 bits per heavy atom. The van der Waals surface area contributed by atoms with Gasteiger partial charge in [-0.25, -0.2) is 4.39 Å². The number of ether oxygens (including phenoxy) is 1. The maximum absolute atomic E-state index is 13.3. The minimum atomic E-state index is -1.24. The Hall–Kier alpha value is -1.87. The summed E-state index contributed by atoms with van der Waals surface area (Å²) >= 11 is 0. The Morgan fingerprint density at radius 3 is 2.25 bits per heavy atom. The van der Waals surface area contributed by atoms with Gasteiger partial charge in [0, 0.05) is 0 Å². The number of benzene rings is 2. The molecule has 0 aliphatic rings. The summed E-state index contributed by atoms with van der Waals surface area (Å²) in [6, 6.07) is 13.2. The lowest BCUT2D eigenvalue weighted by molar-refractivity contribution is 0.102. The topological polar surface area (TPSA) is 29.5 Å². The molecule has 0 radical (unpaired) electrons. The molecule has 106 valence electrons. The van der Waals surface area contributed by atoms with Crippen molar-refractivity contribution in [3.05, 3.63) is 65.5 Å². The molecule has 0 aromatic heterocycles. The van der Waals surface area contributed by atoms with E-state index in [-0.39, 0.29) is 11.9 Å². The highest BCUT2D eigenvalue weighted by molar-refractivity contribution is 5.38. The van der Waals surface area contributed by atoms with Crippen LogP contribution < -0.4 is 4.74 Å². The fraction of sp³-hybridized carbons (Fsp3) is 0.294. The van der Waals surface area contributed by atoms with Gasteiger partial charge in [-0.05, 0) is 56.2 Å². The monoisotopic (exact) mass is 274 g/mol. The smallest absolute Gasteiger partial charge is 0.123 e. The van der Waals surface area contributed by atoms with Crippen LogP contribution in [-0.2, 0) is 5.60 Å². The summed E-state index contributed by atoms with van der Waals surface area (Å²) in [5.74, 6) is 0.390. The molecule has 1 N–H and O–H groups in total. The Morgan fingerprint density at radius 1 is 1.05 bits per heavy atom. The maximum atomic E-state index is 13.3. The average molecular weight is 274 g/mol. The number of halogens is 1. The highest BCUT2D eigenvalue weighted by Gasteiger charge is 2.25. The third-order valence-electron chi connectivity index (χ3n) is 3.17. The van der Waals surface area contributed by atoms with Gasteiger partial charge in [-0.2, -0.15) is 0 Å². The zero-order valence-corrected chi connectivity index (χ0v) is 11.9. The molecular weight excluding hydrogens is 255 g/mol. The first kappa shape index (κ1) is 14.5. The second kappa shape index (κ2) is 5.63. The summed E-state index contributed by atoms with van der Waals surface area (Å²) in [6.07, 6.45) is 0.101. The molecule has 0 amide bonds. The Kier molecular flexibility index (Phi) is 4.09. The quantitative estimate of drug-likeness (QED) is 0.917. The van der Waals surface area contributed by atoms with Gasteiger partial charge in [0.15, 0.2) is 0 Å². The minimum absolute atomic E-state index is 0.101. The second-order valence-electron chi connectivity index (χ2n) is 5.27. The molecule has 0 aliphatic heterocycles. The molecule has 1 atom stereocenters. The molecule has 2 aromatic rings. The van der Waals surface area contributed by atoms with E-state index in [1.54, 1.807) is 31.2 Å².